The van der Waals surface area contributed by atoms with Crippen molar-refractivity contribution < 1.29 is 9.13 Å². The third-order valence-corrected chi connectivity index (χ3v) is 4.67. The van der Waals surface area contributed by atoms with Gasteiger partial charge in [-0.15, -0.1) is 5.10 Å². The number of tetrazole rings is 1. The number of rotatable bonds is 5. The van der Waals surface area contributed by atoms with Crippen molar-refractivity contribution in [3.8, 4) is 5.75 Å². The molecule has 1 aromatic heterocycles. The highest BCUT2D eigenvalue weighted by Crippen LogP contribution is 2.32. The van der Waals surface area contributed by atoms with E-state index in [1.807, 2.05) is 54.9 Å². The lowest BCUT2D eigenvalue weighted by Gasteiger charge is -2.35. The van der Waals surface area contributed by atoms with Crippen LogP contribution in [-0.2, 0) is 13.1 Å². The minimum Gasteiger partial charge on any atom is -0.491 e. The Balaban J connectivity index is 1.66. The molecule has 0 saturated heterocycles. The Hall–Kier alpha value is -2.80. The zero-order valence-corrected chi connectivity index (χ0v) is 15.4. The molecule has 2 heterocycles. The summed E-state index contributed by atoms with van der Waals surface area (Å²) in [5.74, 6) is 1.40. The molecule has 7 heteroatoms. The van der Waals surface area contributed by atoms with Crippen LogP contribution in [0.5, 0.6) is 5.75 Å². The van der Waals surface area contributed by atoms with Crippen LogP contribution in [0.3, 0.4) is 0 Å². The molecule has 0 amide bonds. The molecule has 27 heavy (non-hydrogen) atoms. The Morgan fingerprint density at radius 2 is 1.89 bits per heavy atom. The van der Waals surface area contributed by atoms with Crippen LogP contribution in [0.2, 0.25) is 0 Å². The highest BCUT2D eigenvalue weighted by atomic mass is 19.1. The highest BCUT2D eigenvalue weighted by Gasteiger charge is 2.32. The zero-order valence-electron chi connectivity index (χ0n) is 15.4. The van der Waals surface area contributed by atoms with Crippen molar-refractivity contribution in [3.63, 3.8) is 0 Å². The van der Waals surface area contributed by atoms with Crippen molar-refractivity contribution in [1.29, 1.82) is 0 Å². The third-order valence-electron chi connectivity index (χ3n) is 4.67. The van der Waals surface area contributed by atoms with E-state index in [1.165, 1.54) is 6.07 Å². The first-order valence-corrected chi connectivity index (χ1v) is 9.12. The number of benzene rings is 2. The maximum Gasteiger partial charge on any atom is 0.173 e. The molecule has 1 unspecified atom stereocenters. The van der Waals surface area contributed by atoms with E-state index in [4.69, 9.17) is 4.74 Å². The molecule has 1 aliphatic rings. The normalized spacial score (nSPS) is 17.1. The smallest absolute Gasteiger partial charge is 0.173 e. The summed E-state index contributed by atoms with van der Waals surface area (Å²) < 4.78 is 21.8. The van der Waals surface area contributed by atoms with Gasteiger partial charge in [0.15, 0.2) is 5.82 Å². The fraction of sp³-hybridized carbons (Fsp3) is 0.350. The van der Waals surface area contributed by atoms with Crippen molar-refractivity contribution in [2.24, 2.45) is 0 Å². The lowest BCUT2D eigenvalue weighted by atomic mass is 10.0. The predicted octanol–water partition coefficient (Wildman–Crippen LogP) is 3.20. The second-order valence-corrected chi connectivity index (χ2v) is 6.96. The van der Waals surface area contributed by atoms with Crippen molar-refractivity contribution in [3.05, 3.63) is 71.3 Å². The van der Waals surface area contributed by atoms with Crippen LogP contribution in [0.1, 0.15) is 36.8 Å². The van der Waals surface area contributed by atoms with Crippen LogP contribution >= 0.6 is 0 Å². The molecule has 0 bridgehead atoms. The molecule has 0 fully saturated rings. The highest BCUT2D eigenvalue weighted by molar-refractivity contribution is 5.33. The van der Waals surface area contributed by atoms with E-state index in [0.717, 1.165) is 23.7 Å². The first-order chi connectivity index (χ1) is 13.1. The van der Waals surface area contributed by atoms with Gasteiger partial charge in [-0.2, -0.15) is 0 Å². The summed E-state index contributed by atoms with van der Waals surface area (Å²) in [7, 11) is 0. The van der Waals surface area contributed by atoms with Crippen LogP contribution in [0, 0.1) is 5.82 Å². The Labute approximate surface area is 157 Å². The number of halogens is 1. The topological polar surface area (TPSA) is 56.1 Å². The van der Waals surface area contributed by atoms with Crippen LogP contribution in [-0.4, -0.2) is 37.8 Å². The summed E-state index contributed by atoms with van der Waals surface area (Å²) in [4.78, 5) is 2.21. The molecule has 0 N–H and O–H groups in total. The van der Waals surface area contributed by atoms with Gasteiger partial charge in [-0.25, -0.2) is 9.07 Å². The molecule has 140 valence electrons. The van der Waals surface area contributed by atoms with E-state index in [-0.39, 0.29) is 18.0 Å². The van der Waals surface area contributed by atoms with E-state index in [1.54, 1.807) is 6.07 Å². The summed E-state index contributed by atoms with van der Waals surface area (Å²) in [6, 6.07) is 14.7. The molecule has 3 aromatic rings. The number of nitrogens with zero attached hydrogens (tertiary/aromatic N) is 5. The largest absolute Gasteiger partial charge is 0.491 e. The van der Waals surface area contributed by atoms with E-state index < -0.39 is 0 Å². The first kappa shape index (κ1) is 17.6. The number of hydrogen-bond donors (Lipinski definition) is 0. The first-order valence-electron chi connectivity index (χ1n) is 9.12. The van der Waals surface area contributed by atoms with Gasteiger partial charge in [0.1, 0.15) is 11.6 Å². The van der Waals surface area contributed by atoms with Gasteiger partial charge in [-0.1, -0.05) is 30.3 Å². The van der Waals surface area contributed by atoms with Gasteiger partial charge in [-0.05, 0) is 48.0 Å². The van der Waals surface area contributed by atoms with Gasteiger partial charge in [0.25, 0.3) is 0 Å². The van der Waals surface area contributed by atoms with Gasteiger partial charge in [0, 0.05) is 18.7 Å². The van der Waals surface area contributed by atoms with Crippen LogP contribution in [0.4, 0.5) is 4.39 Å². The van der Waals surface area contributed by atoms with Gasteiger partial charge >= 0.3 is 0 Å². The van der Waals surface area contributed by atoms with E-state index >= 15 is 0 Å². The summed E-state index contributed by atoms with van der Waals surface area (Å²) in [5, 5.41) is 12.1. The maximum atomic E-state index is 14.2. The van der Waals surface area contributed by atoms with Crippen molar-refractivity contribution in [1.82, 2.24) is 25.1 Å². The molecule has 6 nitrogen and oxygen atoms in total. The van der Waals surface area contributed by atoms with E-state index in [9.17, 15) is 4.39 Å². The Kier molecular flexibility index (Phi) is 4.85. The minimum atomic E-state index is -0.193. The van der Waals surface area contributed by atoms with E-state index in [0.29, 0.717) is 18.7 Å². The average Bonchev–Trinajstić information content (AvgIpc) is 3.12. The quantitative estimate of drug-likeness (QED) is 0.693. The second-order valence-electron chi connectivity index (χ2n) is 6.96. The van der Waals surface area contributed by atoms with Gasteiger partial charge < -0.3 is 4.74 Å². The SMILES string of the molecule is CC(C)Oc1ccc(C2c3nnnn3CCN2Cc2ccccc2F)cc1. The fourth-order valence-corrected chi connectivity index (χ4v) is 3.46. The number of fused-ring (bicyclic) bond motifs is 1. The number of aromatic nitrogens is 4. The van der Waals surface area contributed by atoms with Gasteiger partial charge in [-0.3, -0.25) is 4.90 Å². The van der Waals surface area contributed by atoms with E-state index in [2.05, 4.69) is 20.4 Å². The maximum absolute atomic E-state index is 14.2. The summed E-state index contributed by atoms with van der Waals surface area (Å²) in [6.07, 6.45) is 0.121. The molecule has 1 atom stereocenters. The summed E-state index contributed by atoms with van der Waals surface area (Å²) in [5.41, 5.74) is 1.72. The second kappa shape index (κ2) is 7.44. The average molecular weight is 367 g/mol. The van der Waals surface area contributed by atoms with Gasteiger partial charge in [0.05, 0.1) is 18.7 Å². The Bertz CT molecular complexity index is 909. The molecule has 1 aliphatic heterocycles. The Morgan fingerprint density at radius 1 is 1.11 bits per heavy atom. The lowest BCUT2D eigenvalue weighted by Crippen LogP contribution is -2.39. The summed E-state index contributed by atoms with van der Waals surface area (Å²) in [6.45, 7) is 5.91. The molecular formula is C20H22FN5O. The zero-order chi connectivity index (χ0) is 18.8. The minimum absolute atomic E-state index is 0.121. The van der Waals surface area contributed by atoms with Crippen molar-refractivity contribution >= 4 is 0 Å². The summed E-state index contributed by atoms with van der Waals surface area (Å²) >= 11 is 0. The standard InChI is InChI=1S/C20H22FN5O/c1-14(2)27-17-9-7-15(8-10-17)19-20-22-23-24-26(20)12-11-25(19)13-16-5-3-4-6-18(16)21/h3-10,14,19H,11-13H2,1-2H3. The van der Waals surface area contributed by atoms with Gasteiger partial charge in [0.2, 0.25) is 0 Å². The Morgan fingerprint density at radius 3 is 2.63 bits per heavy atom. The number of hydrogen-bond acceptors (Lipinski definition) is 5. The van der Waals surface area contributed by atoms with Crippen molar-refractivity contribution in [2.45, 2.75) is 39.1 Å². The number of ether oxygens (including phenoxy) is 1. The molecule has 0 saturated carbocycles. The molecule has 0 aliphatic carbocycles. The van der Waals surface area contributed by atoms with Crippen molar-refractivity contribution in [2.75, 3.05) is 6.54 Å². The van der Waals surface area contributed by atoms with Crippen LogP contribution in [0.25, 0.3) is 0 Å². The predicted molar refractivity (Wildman–Crippen MR) is 98.7 cm³/mol. The molecule has 2 aromatic carbocycles. The lowest BCUT2D eigenvalue weighted by molar-refractivity contribution is 0.162. The fourth-order valence-electron chi connectivity index (χ4n) is 3.46. The molecular weight excluding hydrogens is 345 g/mol. The monoisotopic (exact) mass is 367 g/mol. The van der Waals surface area contributed by atoms with Crippen LogP contribution < -0.4 is 4.74 Å². The molecule has 4 rings (SSSR count). The molecule has 0 radical (unpaired) electrons. The third kappa shape index (κ3) is 3.68. The van der Waals surface area contributed by atoms with Crippen LogP contribution in [0.15, 0.2) is 48.5 Å². The molecule has 0 spiro atoms.